The normalized spacial score (nSPS) is 20.0. The van der Waals surface area contributed by atoms with E-state index in [2.05, 4.69) is 21.0 Å². The Morgan fingerprint density at radius 3 is 2.42 bits per heavy atom. The van der Waals surface area contributed by atoms with Crippen LogP contribution in [0.4, 0.5) is 0 Å². The molecule has 2 aliphatic carbocycles. The number of carboxylic acids is 1. The molecular formula is C19H21BrN2O2. The van der Waals surface area contributed by atoms with Crippen molar-refractivity contribution in [3.63, 3.8) is 0 Å². The molecule has 0 bridgehead atoms. The zero-order valence-corrected chi connectivity index (χ0v) is 15.1. The zero-order chi connectivity index (χ0) is 16.7. The van der Waals surface area contributed by atoms with Crippen LogP contribution in [-0.2, 0) is 10.2 Å². The van der Waals surface area contributed by atoms with E-state index < -0.39 is 11.4 Å². The molecule has 24 heavy (non-hydrogen) atoms. The van der Waals surface area contributed by atoms with Crippen LogP contribution in [0.5, 0.6) is 0 Å². The summed E-state index contributed by atoms with van der Waals surface area (Å²) in [6, 6.07) is 8.00. The first kappa shape index (κ1) is 15.9. The minimum atomic E-state index is -0.708. The van der Waals surface area contributed by atoms with Gasteiger partial charge in [-0.1, -0.05) is 31.4 Å². The van der Waals surface area contributed by atoms with Gasteiger partial charge in [0.1, 0.15) is 0 Å². The van der Waals surface area contributed by atoms with Gasteiger partial charge in [0.15, 0.2) is 0 Å². The lowest BCUT2D eigenvalue weighted by atomic mass is 9.69. The molecule has 2 fully saturated rings. The molecule has 4 nitrogen and oxygen atoms in total. The molecule has 0 amide bonds. The third-order valence-corrected chi connectivity index (χ3v) is 6.12. The van der Waals surface area contributed by atoms with Gasteiger partial charge in [0, 0.05) is 5.92 Å². The van der Waals surface area contributed by atoms with Gasteiger partial charge >= 0.3 is 5.97 Å². The second-order valence-electron chi connectivity index (χ2n) is 7.06. The van der Waals surface area contributed by atoms with Gasteiger partial charge in [-0.2, -0.15) is 5.10 Å². The van der Waals surface area contributed by atoms with Crippen molar-refractivity contribution in [3.05, 3.63) is 46.2 Å². The van der Waals surface area contributed by atoms with E-state index in [1.54, 1.807) is 0 Å². The summed E-state index contributed by atoms with van der Waals surface area (Å²) in [4.78, 5) is 12.0. The van der Waals surface area contributed by atoms with Gasteiger partial charge < -0.3 is 5.11 Å². The van der Waals surface area contributed by atoms with Gasteiger partial charge in [-0.25, -0.2) is 4.68 Å². The van der Waals surface area contributed by atoms with E-state index in [-0.39, 0.29) is 0 Å². The maximum absolute atomic E-state index is 12.0. The third kappa shape index (κ3) is 2.59. The molecule has 4 rings (SSSR count). The lowest BCUT2D eigenvalue weighted by Crippen LogP contribution is -2.37. The number of benzene rings is 1. The smallest absolute Gasteiger partial charge is 0.314 e. The number of carbonyl (C=O) groups is 1. The van der Waals surface area contributed by atoms with Crippen molar-refractivity contribution in [2.75, 3.05) is 0 Å². The highest BCUT2D eigenvalue weighted by Crippen LogP contribution is 2.44. The van der Waals surface area contributed by atoms with Crippen LogP contribution in [0.15, 0.2) is 34.9 Å². The Morgan fingerprint density at radius 2 is 1.83 bits per heavy atom. The first-order valence-corrected chi connectivity index (χ1v) is 9.49. The van der Waals surface area contributed by atoms with Crippen molar-refractivity contribution in [2.24, 2.45) is 0 Å². The summed E-state index contributed by atoms with van der Waals surface area (Å²) in [5.41, 5.74) is 2.45. The molecule has 0 aliphatic heterocycles. The first-order valence-electron chi connectivity index (χ1n) is 8.69. The highest BCUT2D eigenvalue weighted by Gasteiger charge is 2.41. The van der Waals surface area contributed by atoms with Crippen LogP contribution in [-0.4, -0.2) is 20.9 Å². The number of nitrogens with zero attached hydrogens (tertiary/aromatic N) is 2. The molecule has 1 N–H and O–H groups in total. The Balaban J connectivity index is 1.69. The van der Waals surface area contributed by atoms with Gasteiger partial charge in [-0.05, 0) is 59.3 Å². The lowest BCUT2D eigenvalue weighted by molar-refractivity contribution is -0.145. The number of aromatic nitrogens is 2. The van der Waals surface area contributed by atoms with Crippen LogP contribution in [0.1, 0.15) is 62.1 Å². The summed E-state index contributed by atoms with van der Waals surface area (Å²) in [5.74, 6) is -0.0966. The van der Waals surface area contributed by atoms with Gasteiger partial charge in [-0.15, -0.1) is 0 Å². The molecule has 1 aromatic carbocycles. The standard InChI is InChI=1S/C19H21BrN2O2/c20-16-12-21-22(17(16)13-4-5-13)15-8-6-14(7-9-15)19(18(23)24)10-2-1-3-11-19/h6-9,12-13H,1-5,10-11H2,(H,23,24). The Hall–Kier alpha value is -1.62. The second kappa shape index (κ2) is 6.03. The van der Waals surface area contributed by atoms with Crippen LogP contribution >= 0.6 is 15.9 Å². The van der Waals surface area contributed by atoms with Crippen molar-refractivity contribution < 1.29 is 9.90 Å². The highest BCUT2D eigenvalue weighted by molar-refractivity contribution is 9.10. The van der Waals surface area contributed by atoms with Crippen molar-refractivity contribution in [3.8, 4) is 5.69 Å². The highest BCUT2D eigenvalue weighted by atomic mass is 79.9. The summed E-state index contributed by atoms with van der Waals surface area (Å²) < 4.78 is 3.04. The molecule has 0 radical (unpaired) electrons. The minimum absolute atomic E-state index is 0.588. The maximum Gasteiger partial charge on any atom is 0.314 e. The molecule has 2 saturated carbocycles. The monoisotopic (exact) mass is 388 g/mol. The van der Waals surface area contributed by atoms with Crippen molar-refractivity contribution in [1.29, 1.82) is 0 Å². The van der Waals surface area contributed by atoms with Crippen LogP contribution in [0.2, 0.25) is 0 Å². The van der Waals surface area contributed by atoms with Gasteiger partial charge in [-0.3, -0.25) is 4.79 Å². The van der Waals surface area contributed by atoms with Gasteiger partial charge in [0.05, 0.1) is 27.5 Å². The van der Waals surface area contributed by atoms with Crippen molar-refractivity contribution in [2.45, 2.75) is 56.3 Å². The fraction of sp³-hybridized carbons (Fsp3) is 0.474. The molecule has 1 aromatic heterocycles. The molecule has 126 valence electrons. The van der Waals surface area contributed by atoms with Crippen LogP contribution in [0.3, 0.4) is 0 Å². The molecule has 2 aliphatic rings. The predicted octanol–water partition coefficient (Wildman–Crippen LogP) is 4.80. The molecule has 1 heterocycles. The molecule has 0 spiro atoms. The number of halogens is 1. The number of rotatable bonds is 4. The molecule has 0 atom stereocenters. The molecule has 5 heteroatoms. The van der Waals surface area contributed by atoms with Crippen LogP contribution in [0.25, 0.3) is 5.69 Å². The number of hydrogen-bond donors (Lipinski definition) is 1. The predicted molar refractivity (Wildman–Crippen MR) is 95.6 cm³/mol. The number of aliphatic carboxylic acids is 1. The second-order valence-corrected chi connectivity index (χ2v) is 7.91. The van der Waals surface area contributed by atoms with E-state index >= 15 is 0 Å². The summed E-state index contributed by atoms with van der Waals surface area (Å²) >= 11 is 3.60. The SMILES string of the molecule is O=C(O)C1(c2ccc(-n3ncc(Br)c3C3CC3)cc2)CCCCC1. The van der Waals surface area contributed by atoms with Crippen LogP contribution < -0.4 is 0 Å². The summed E-state index contributed by atoms with van der Waals surface area (Å²) in [6.07, 6.45) is 8.87. The topological polar surface area (TPSA) is 55.1 Å². The number of carboxylic acid groups (broad SMARTS) is 1. The van der Waals surface area contributed by atoms with Crippen LogP contribution in [0, 0.1) is 0 Å². The Morgan fingerprint density at radius 1 is 1.17 bits per heavy atom. The quantitative estimate of drug-likeness (QED) is 0.818. The van der Waals surface area contributed by atoms with Crippen molar-refractivity contribution >= 4 is 21.9 Å². The Kier molecular flexibility index (Phi) is 3.99. The Bertz CT molecular complexity index is 756. The number of hydrogen-bond acceptors (Lipinski definition) is 2. The fourth-order valence-corrected chi connectivity index (χ4v) is 4.55. The maximum atomic E-state index is 12.0. The van der Waals surface area contributed by atoms with E-state index in [9.17, 15) is 9.90 Å². The van der Waals surface area contributed by atoms with Crippen molar-refractivity contribution in [1.82, 2.24) is 9.78 Å². The first-order chi connectivity index (χ1) is 11.6. The van der Waals surface area contributed by atoms with E-state index in [0.717, 1.165) is 47.8 Å². The van der Waals surface area contributed by atoms with E-state index in [4.69, 9.17) is 0 Å². The molecule has 0 unspecified atom stereocenters. The van der Waals surface area contributed by atoms with Gasteiger partial charge in [0.25, 0.3) is 0 Å². The molecular weight excluding hydrogens is 368 g/mol. The zero-order valence-electron chi connectivity index (χ0n) is 13.5. The van der Waals surface area contributed by atoms with E-state index in [1.807, 2.05) is 35.1 Å². The molecule has 0 saturated heterocycles. The summed E-state index contributed by atoms with van der Waals surface area (Å²) in [6.45, 7) is 0. The average molecular weight is 389 g/mol. The third-order valence-electron chi connectivity index (χ3n) is 5.50. The minimum Gasteiger partial charge on any atom is -0.481 e. The molecule has 2 aromatic rings. The summed E-state index contributed by atoms with van der Waals surface area (Å²) in [7, 11) is 0. The fourth-order valence-electron chi connectivity index (χ4n) is 3.97. The van der Waals surface area contributed by atoms with E-state index in [1.165, 1.54) is 18.5 Å². The largest absolute Gasteiger partial charge is 0.481 e. The lowest BCUT2D eigenvalue weighted by Gasteiger charge is -2.33. The Labute approximate surface area is 150 Å². The average Bonchev–Trinajstić information content (AvgIpc) is 3.37. The summed E-state index contributed by atoms with van der Waals surface area (Å²) in [5, 5.41) is 14.3. The van der Waals surface area contributed by atoms with Gasteiger partial charge in [0.2, 0.25) is 0 Å². The van der Waals surface area contributed by atoms with E-state index in [0.29, 0.717) is 5.92 Å².